The molecule has 0 spiro atoms. The zero-order valence-electron chi connectivity index (χ0n) is 23.5. The maximum absolute atomic E-state index is 6.14. The molecule has 0 aromatic heterocycles. The van der Waals surface area contributed by atoms with Crippen molar-refractivity contribution in [3.8, 4) is 0 Å². The van der Waals surface area contributed by atoms with Gasteiger partial charge in [0, 0.05) is 19.8 Å². The van der Waals surface area contributed by atoms with E-state index < -0.39 is 0 Å². The SMILES string of the molecule is CCCCCCCCCCOC(CCCCOC(CC)OOC)OCCCCCCCCCC. The molecule has 5 heteroatoms. The lowest BCUT2D eigenvalue weighted by molar-refractivity contribution is -0.364. The number of ether oxygens (including phenoxy) is 3. The van der Waals surface area contributed by atoms with Gasteiger partial charge in [-0.3, -0.25) is 0 Å². The second kappa shape index (κ2) is 29.0. The van der Waals surface area contributed by atoms with Gasteiger partial charge in [-0.15, -0.1) is 0 Å². The van der Waals surface area contributed by atoms with E-state index in [-0.39, 0.29) is 12.6 Å². The summed E-state index contributed by atoms with van der Waals surface area (Å²) in [4.78, 5) is 9.79. The molecule has 0 fully saturated rings. The molecular formula is C29H60O5. The first kappa shape index (κ1) is 33.8. The summed E-state index contributed by atoms with van der Waals surface area (Å²) in [7, 11) is 1.52. The Kier molecular flexibility index (Phi) is 28.9. The molecule has 0 radical (unpaired) electrons. The molecule has 206 valence electrons. The molecule has 0 bridgehead atoms. The normalized spacial score (nSPS) is 12.6. The third-order valence-electron chi connectivity index (χ3n) is 6.28. The molecule has 34 heavy (non-hydrogen) atoms. The first-order valence-electron chi connectivity index (χ1n) is 14.8. The fourth-order valence-corrected chi connectivity index (χ4v) is 4.07. The summed E-state index contributed by atoms with van der Waals surface area (Å²) in [5.74, 6) is 0. The van der Waals surface area contributed by atoms with Gasteiger partial charge in [0.25, 0.3) is 0 Å². The van der Waals surface area contributed by atoms with Crippen LogP contribution in [0.15, 0.2) is 0 Å². The van der Waals surface area contributed by atoms with Gasteiger partial charge in [-0.05, 0) is 38.5 Å². The molecule has 0 aliphatic heterocycles. The molecule has 0 aliphatic rings. The minimum Gasteiger partial charge on any atom is -0.353 e. The van der Waals surface area contributed by atoms with E-state index in [1.54, 1.807) is 0 Å². The van der Waals surface area contributed by atoms with Crippen LogP contribution in [-0.4, -0.2) is 39.5 Å². The highest BCUT2D eigenvalue weighted by atomic mass is 17.2. The Hall–Kier alpha value is -0.200. The third-order valence-corrected chi connectivity index (χ3v) is 6.28. The molecule has 0 rings (SSSR count). The summed E-state index contributed by atoms with van der Waals surface area (Å²) < 4.78 is 18.0. The van der Waals surface area contributed by atoms with Gasteiger partial charge in [-0.2, -0.15) is 0 Å². The third kappa shape index (κ3) is 24.9. The number of hydrogen-bond acceptors (Lipinski definition) is 5. The Balaban J connectivity index is 3.97. The standard InChI is InChI=1S/C29H60O5/c1-5-8-10-12-14-16-18-21-25-32-29(24-20-23-27-31-28(7-3)34-30-4)33-26-22-19-17-15-13-11-9-6-2/h28-29H,5-27H2,1-4H3. The van der Waals surface area contributed by atoms with Crippen molar-refractivity contribution in [2.45, 2.75) is 162 Å². The van der Waals surface area contributed by atoms with E-state index in [0.29, 0.717) is 6.61 Å². The highest BCUT2D eigenvalue weighted by molar-refractivity contribution is 4.52. The number of unbranched alkanes of at least 4 members (excludes halogenated alkanes) is 15. The van der Waals surface area contributed by atoms with Crippen molar-refractivity contribution >= 4 is 0 Å². The number of hydrogen-bond donors (Lipinski definition) is 0. The highest BCUT2D eigenvalue weighted by Crippen LogP contribution is 2.14. The monoisotopic (exact) mass is 488 g/mol. The lowest BCUT2D eigenvalue weighted by Crippen LogP contribution is -2.20. The molecule has 0 heterocycles. The molecular weight excluding hydrogens is 428 g/mol. The Morgan fingerprint density at radius 3 is 1.24 bits per heavy atom. The van der Waals surface area contributed by atoms with Crippen molar-refractivity contribution in [3.05, 3.63) is 0 Å². The average Bonchev–Trinajstić information content (AvgIpc) is 2.85. The van der Waals surface area contributed by atoms with Crippen LogP contribution in [0, 0.1) is 0 Å². The summed E-state index contributed by atoms with van der Waals surface area (Å²) in [5, 5.41) is 0. The lowest BCUT2D eigenvalue weighted by atomic mass is 10.1. The maximum Gasteiger partial charge on any atom is 0.190 e. The van der Waals surface area contributed by atoms with E-state index >= 15 is 0 Å². The van der Waals surface area contributed by atoms with Crippen LogP contribution < -0.4 is 0 Å². The summed E-state index contributed by atoms with van der Waals surface area (Å²) in [6.45, 7) is 8.87. The largest absolute Gasteiger partial charge is 0.353 e. The summed E-state index contributed by atoms with van der Waals surface area (Å²) >= 11 is 0. The Bertz CT molecular complexity index is 344. The van der Waals surface area contributed by atoms with Crippen LogP contribution in [0.5, 0.6) is 0 Å². The Labute approximate surface area is 212 Å². The molecule has 0 aliphatic carbocycles. The van der Waals surface area contributed by atoms with Crippen LogP contribution in [0.2, 0.25) is 0 Å². The second-order valence-electron chi connectivity index (χ2n) is 9.59. The van der Waals surface area contributed by atoms with Crippen LogP contribution in [0.25, 0.3) is 0 Å². The molecule has 1 atom stereocenters. The predicted molar refractivity (Wildman–Crippen MR) is 143 cm³/mol. The van der Waals surface area contributed by atoms with E-state index in [0.717, 1.165) is 51.7 Å². The maximum atomic E-state index is 6.14. The van der Waals surface area contributed by atoms with Crippen LogP contribution in [0.3, 0.4) is 0 Å². The van der Waals surface area contributed by atoms with Crippen molar-refractivity contribution in [2.75, 3.05) is 26.9 Å². The molecule has 1 unspecified atom stereocenters. The summed E-state index contributed by atoms with van der Waals surface area (Å²) in [6, 6.07) is 0. The quantitative estimate of drug-likeness (QED) is 0.0454. The average molecular weight is 489 g/mol. The second-order valence-corrected chi connectivity index (χ2v) is 9.59. The smallest absolute Gasteiger partial charge is 0.190 e. The molecule has 0 aromatic carbocycles. The fourth-order valence-electron chi connectivity index (χ4n) is 4.07. The van der Waals surface area contributed by atoms with Crippen molar-refractivity contribution in [1.29, 1.82) is 0 Å². The van der Waals surface area contributed by atoms with E-state index in [9.17, 15) is 0 Å². The molecule has 5 nitrogen and oxygen atoms in total. The van der Waals surface area contributed by atoms with Gasteiger partial charge in [-0.25, -0.2) is 9.78 Å². The highest BCUT2D eigenvalue weighted by Gasteiger charge is 2.11. The summed E-state index contributed by atoms with van der Waals surface area (Å²) in [6.07, 6.45) is 24.5. The first-order valence-corrected chi connectivity index (χ1v) is 14.8. The molecule has 0 saturated heterocycles. The Morgan fingerprint density at radius 1 is 0.441 bits per heavy atom. The van der Waals surface area contributed by atoms with E-state index in [1.807, 2.05) is 6.92 Å². The summed E-state index contributed by atoms with van der Waals surface area (Å²) in [5.41, 5.74) is 0. The molecule has 0 saturated carbocycles. The molecule has 0 amide bonds. The van der Waals surface area contributed by atoms with Crippen LogP contribution >= 0.6 is 0 Å². The minimum absolute atomic E-state index is 0.0775. The number of rotatable bonds is 29. The Morgan fingerprint density at radius 2 is 0.824 bits per heavy atom. The fraction of sp³-hybridized carbons (Fsp3) is 1.00. The zero-order valence-corrected chi connectivity index (χ0v) is 23.5. The van der Waals surface area contributed by atoms with Crippen molar-refractivity contribution in [1.82, 2.24) is 0 Å². The van der Waals surface area contributed by atoms with Crippen molar-refractivity contribution < 1.29 is 24.0 Å². The van der Waals surface area contributed by atoms with E-state index in [1.165, 1.54) is 97.0 Å². The van der Waals surface area contributed by atoms with Gasteiger partial charge in [0.2, 0.25) is 0 Å². The van der Waals surface area contributed by atoms with Gasteiger partial charge in [0.05, 0.1) is 7.11 Å². The zero-order chi connectivity index (χ0) is 25.0. The van der Waals surface area contributed by atoms with Crippen LogP contribution in [0.1, 0.15) is 149 Å². The topological polar surface area (TPSA) is 46.2 Å². The van der Waals surface area contributed by atoms with Crippen LogP contribution in [-0.2, 0) is 24.0 Å². The lowest BCUT2D eigenvalue weighted by Gasteiger charge is -2.19. The van der Waals surface area contributed by atoms with Gasteiger partial charge < -0.3 is 14.2 Å². The van der Waals surface area contributed by atoms with Crippen LogP contribution in [0.4, 0.5) is 0 Å². The van der Waals surface area contributed by atoms with Gasteiger partial charge >= 0.3 is 0 Å². The molecule has 0 aromatic rings. The predicted octanol–water partition coefficient (Wildman–Crippen LogP) is 9.13. The molecule has 0 N–H and O–H groups in total. The van der Waals surface area contributed by atoms with Crippen molar-refractivity contribution in [3.63, 3.8) is 0 Å². The van der Waals surface area contributed by atoms with E-state index in [4.69, 9.17) is 24.0 Å². The minimum atomic E-state index is -0.280. The van der Waals surface area contributed by atoms with Gasteiger partial charge in [-0.1, -0.05) is 111 Å². The van der Waals surface area contributed by atoms with Gasteiger partial charge in [0.1, 0.15) is 0 Å². The van der Waals surface area contributed by atoms with E-state index in [2.05, 4.69) is 13.8 Å². The van der Waals surface area contributed by atoms with Gasteiger partial charge in [0.15, 0.2) is 12.6 Å². The first-order chi connectivity index (χ1) is 16.8. The van der Waals surface area contributed by atoms with Crippen molar-refractivity contribution in [2.24, 2.45) is 0 Å².